The van der Waals surface area contributed by atoms with Crippen LogP contribution in [0.15, 0.2) is 12.1 Å². The van der Waals surface area contributed by atoms with Crippen LogP contribution in [0.5, 0.6) is 0 Å². The maximum absolute atomic E-state index is 12.2. The van der Waals surface area contributed by atoms with Crippen LogP contribution in [0.25, 0.3) is 0 Å². The summed E-state index contributed by atoms with van der Waals surface area (Å²) in [4.78, 5) is 12.2. The molecule has 98 valence electrons. The van der Waals surface area contributed by atoms with E-state index < -0.39 is 0 Å². The number of carbonyl (C=O) groups excluding carboxylic acids is 1. The predicted molar refractivity (Wildman–Crippen MR) is 76.4 cm³/mol. The molecule has 1 aromatic rings. The van der Waals surface area contributed by atoms with Crippen molar-refractivity contribution in [1.82, 2.24) is 0 Å². The van der Waals surface area contributed by atoms with Crippen LogP contribution < -0.4 is 5.32 Å². The van der Waals surface area contributed by atoms with E-state index in [2.05, 4.69) is 5.32 Å². The van der Waals surface area contributed by atoms with Gasteiger partial charge in [0.25, 0.3) is 0 Å². The fourth-order valence-corrected chi connectivity index (χ4v) is 2.83. The summed E-state index contributed by atoms with van der Waals surface area (Å²) < 4.78 is 0. The second-order valence-corrected chi connectivity index (χ2v) is 5.66. The molecule has 4 heteroatoms. The van der Waals surface area contributed by atoms with E-state index in [1.165, 1.54) is 6.42 Å². The minimum atomic E-state index is 0.0455. The van der Waals surface area contributed by atoms with Crippen molar-refractivity contribution in [1.29, 1.82) is 0 Å². The largest absolute Gasteiger partial charge is 0.323 e. The molecule has 0 aliphatic heterocycles. The Morgan fingerprint density at radius 1 is 1.22 bits per heavy atom. The minimum Gasteiger partial charge on any atom is -0.323 e. The molecular weight excluding hydrogens is 269 g/mol. The van der Waals surface area contributed by atoms with Gasteiger partial charge in [0.15, 0.2) is 0 Å². The van der Waals surface area contributed by atoms with E-state index in [0.717, 1.165) is 31.2 Å². The third-order valence-electron chi connectivity index (χ3n) is 3.51. The highest BCUT2D eigenvalue weighted by Crippen LogP contribution is 2.34. The highest BCUT2D eigenvalue weighted by molar-refractivity contribution is 6.40. The van der Waals surface area contributed by atoms with Gasteiger partial charge in [-0.05, 0) is 31.4 Å². The average Bonchev–Trinajstić information content (AvgIpc) is 2.40. The number of carbonyl (C=O) groups is 1. The molecule has 0 heterocycles. The number of hydrogen-bond acceptors (Lipinski definition) is 1. The molecule has 0 aromatic heterocycles. The van der Waals surface area contributed by atoms with Crippen molar-refractivity contribution in [3.05, 3.63) is 27.7 Å². The number of aryl methyl sites for hydroxylation is 1. The van der Waals surface area contributed by atoms with E-state index >= 15 is 0 Å². The molecule has 1 saturated carbocycles. The number of amides is 1. The summed E-state index contributed by atoms with van der Waals surface area (Å²) in [6.07, 6.45) is 5.43. The molecule has 0 radical (unpaired) electrons. The second-order valence-electron chi connectivity index (χ2n) is 4.88. The Morgan fingerprint density at radius 2 is 1.89 bits per heavy atom. The summed E-state index contributed by atoms with van der Waals surface area (Å²) in [6.45, 7) is 1.90. The highest BCUT2D eigenvalue weighted by atomic mass is 35.5. The Hall–Kier alpha value is -0.730. The van der Waals surface area contributed by atoms with Gasteiger partial charge in [-0.15, -0.1) is 0 Å². The standard InChI is InChI=1S/C14H17Cl2NO/c1-9-7-8-11(15)13(12(9)16)17-14(18)10-5-3-2-4-6-10/h7-8,10H,2-6H2,1H3,(H,17,18). The van der Waals surface area contributed by atoms with Crippen molar-refractivity contribution in [2.75, 3.05) is 5.32 Å². The molecule has 2 nitrogen and oxygen atoms in total. The number of nitrogens with one attached hydrogen (secondary N) is 1. The first-order valence-corrected chi connectivity index (χ1v) is 7.10. The number of hydrogen-bond donors (Lipinski definition) is 1. The van der Waals surface area contributed by atoms with E-state index in [0.29, 0.717) is 15.7 Å². The summed E-state index contributed by atoms with van der Waals surface area (Å²) >= 11 is 12.3. The molecule has 1 amide bonds. The molecule has 1 aliphatic rings. The summed E-state index contributed by atoms with van der Waals surface area (Å²) in [5.74, 6) is 0.149. The van der Waals surface area contributed by atoms with Crippen molar-refractivity contribution >= 4 is 34.8 Å². The number of anilines is 1. The van der Waals surface area contributed by atoms with Gasteiger partial charge < -0.3 is 5.32 Å². The summed E-state index contributed by atoms with van der Waals surface area (Å²) in [7, 11) is 0. The SMILES string of the molecule is Cc1ccc(Cl)c(NC(=O)C2CCCCC2)c1Cl. The van der Waals surface area contributed by atoms with E-state index in [1.807, 2.05) is 13.0 Å². The summed E-state index contributed by atoms with van der Waals surface area (Å²) in [5, 5.41) is 3.92. The first-order valence-electron chi connectivity index (χ1n) is 6.35. The number of halogens is 2. The molecule has 2 rings (SSSR count). The number of rotatable bonds is 2. The van der Waals surface area contributed by atoms with Gasteiger partial charge in [-0.2, -0.15) is 0 Å². The van der Waals surface area contributed by atoms with Crippen LogP contribution in [0.3, 0.4) is 0 Å². The van der Waals surface area contributed by atoms with E-state index in [9.17, 15) is 4.79 Å². The molecule has 0 unspecified atom stereocenters. The van der Waals surface area contributed by atoms with Crippen LogP contribution in [-0.4, -0.2) is 5.91 Å². The van der Waals surface area contributed by atoms with Gasteiger partial charge in [-0.1, -0.05) is 48.5 Å². The molecule has 1 N–H and O–H groups in total. The van der Waals surface area contributed by atoms with Crippen LogP contribution in [0.4, 0.5) is 5.69 Å². The molecule has 1 aliphatic carbocycles. The highest BCUT2D eigenvalue weighted by Gasteiger charge is 2.22. The van der Waals surface area contributed by atoms with Crippen molar-refractivity contribution in [3.63, 3.8) is 0 Å². The van der Waals surface area contributed by atoms with Crippen LogP contribution in [-0.2, 0) is 4.79 Å². The van der Waals surface area contributed by atoms with Crippen LogP contribution in [0, 0.1) is 12.8 Å². The van der Waals surface area contributed by atoms with Crippen LogP contribution >= 0.6 is 23.2 Å². The first-order chi connectivity index (χ1) is 8.59. The Labute approximate surface area is 118 Å². The van der Waals surface area contributed by atoms with Gasteiger partial charge in [-0.3, -0.25) is 4.79 Å². The fourth-order valence-electron chi connectivity index (χ4n) is 2.36. The van der Waals surface area contributed by atoms with Gasteiger partial charge >= 0.3 is 0 Å². The average molecular weight is 286 g/mol. The van der Waals surface area contributed by atoms with Gasteiger partial charge in [0.1, 0.15) is 0 Å². The lowest BCUT2D eigenvalue weighted by Gasteiger charge is -2.21. The quantitative estimate of drug-likeness (QED) is 0.829. The minimum absolute atomic E-state index is 0.0455. The lowest BCUT2D eigenvalue weighted by Crippen LogP contribution is -2.25. The Morgan fingerprint density at radius 3 is 2.56 bits per heavy atom. The lowest BCUT2D eigenvalue weighted by atomic mass is 9.88. The normalized spacial score (nSPS) is 16.6. The first kappa shape index (κ1) is 13.7. The third-order valence-corrected chi connectivity index (χ3v) is 4.31. The molecule has 1 fully saturated rings. The number of benzene rings is 1. The Bertz CT molecular complexity index is 453. The molecule has 0 atom stereocenters. The zero-order valence-corrected chi connectivity index (χ0v) is 11.9. The molecule has 0 saturated heterocycles. The van der Waals surface area contributed by atoms with Crippen LogP contribution in [0.1, 0.15) is 37.7 Å². The second kappa shape index (κ2) is 5.94. The van der Waals surface area contributed by atoms with Crippen molar-refractivity contribution in [2.45, 2.75) is 39.0 Å². The Balaban J connectivity index is 2.13. The lowest BCUT2D eigenvalue weighted by molar-refractivity contribution is -0.120. The predicted octanol–water partition coefficient (Wildman–Crippen LogP) is 4.82. The maximum Gasteiger partial charge on any atom is 0.227 e. The van der Waals surface area contributed by atoms with Gasteiger partial charge in [0.05, 0.1) is 15.7 Å². The maximum atomic E-state index is 12.2. The summed E-state index contributed by atoms with van der Waals surface area (Å²) in [6, 6.07) is 3.61. The zero-order chi connectivity index (χ0) is 13.1. The van der Waals surface area contributed by atoms with Crippen molar-refractivity contribution in [2.24, 2.45) is 5.92 Å². The van der Waals surface area contributed by atoms with Crippen LogP contribution in [0.2, 0.25) is 10.0 Å². The molecule has 18 heavy (non-hydrogen) atoms. The van der Waals surface area contributed by atoms with Gasteiger partial charge in [-0.25, -0.2) is 0 Å². The molecular formula is C14H17Cl2NO. The molecule has 1 aromatic carbocycles. The topological polar surface area (TPSA) is 29.1 Å². The summed E-state index contributed by atoms with van der Waals surface area (Å²) in [5.41, 5.74) is 1.47. The molecule has 0 bridgehead atoms. The zero-order valence-electron chi connectivity index (χ0n) is 10.4. The van der Waals surface area contributed by atoms with E-state index in [-0.39, 0.29) is 11.8 Å². The van der Waals surface area contributed by atoms with Gasteiger partial charge in [0, 0.05) is 5.92 Å². The van der Waals surface area contributed by atoms with E-state index in [4.69, 9.17) is 23.2 Å². The van der Waals surface area contributed by atoms with Gasteiger partial charge in [0.2, 0.25) is 5.91 Å². The Kier molecular flexibility index (Phi) is 4.52. The van der Waals surface area contributed by atoms with Crippen molar-refractivity contribution in [3.8, 4) is 0 Å². The van der Waals surface area contributed by atoms with E-state index in [1.54, 1.807) is 6.07 Å². The fraction of sp³-hybridized carbons (Fsp3) is 0.500. The monoisotopic (exact) mass is 285 g/mol. The third kappa shape index (κ3) is 2.99. The van der Waals surface area contributed by atoms with Crippen molar-refractivity contribution < 1.29 is 4.79 Å². The smallest absolute Gasteiger partial charge is 0.227 e. The molecule has 0 spiro atoms.